The quantitative estimate of drug-likeness (QED) is 0.495. The molecule has 0 saturated carbocycles. The maximum Gasteiger partial charge on any atom is 0.342 e. The number of sulfone groups is 1. The molecule has 10 nitrogen and oxygen atoms in total. The Hall–Kier alpha value is -3.47. The van der Waals surface area contributed by atoms with Gasteiger partial charge in [0.2, 0.25) is 5.71 Å². The van der Waals surface area contributed by atoms with E-state index in [-0.39, 0.29) is 58.6 Å². The van der Waals surface area contributed by atoms with E-state index in [1.165, 1.54) is 12.1 Å². The number of rotatable bonds is 8. The first-order chi connectivity index (χ1) is 15.1. The number of furan rings is 1. The number of nitrogens with two attached hydrogens (primary N) is 1. The van der Waals surface area contributed by atoms with Gasteiger partial charge >= 0.3 is 11.9 Å². The highest BCUT2D eigenvalue weighted by Gasteiger charge is 2.24. The number of carbonyl (C=O) groups excluding carboxylic acids is 2. The Kier molecular flexibility index (Phi) is 6.78. The van der Waals surface area contributed by atoms with Crippen molar-refractivity contribution in [1.29, 1.82) is 0 Å². The van der Waals surface area contributed by atoms with E-state index in [9.17, 15) is 18.0 Å². The van der Waals surface area contributed by atoms with E-state index in [1.807, 2.05) is 6.92 Å². The largest absolute Gasteiger partial charge is 0.462 e. The predicted octanol–water partition coefficient (Wildman–Crippen LogP) is 2.51. The third-order valence-corrected chi connectivity index (χ3v) is 6.33. The van der Waals surface area contributed by atoms with Crippen molar-refractivity contribution in [3.8, 4) is 0 Å². The Morgan fingerprint density at radius 1 is 1.09 bits per heavy atom. The Morgan fingerprint density at radius 3 is 2.44 bits per heavy atom. The van der Waals surface area contributed by atoms with Crippen molar-refractivity contribution in [2.75, 3.05) is 18.1 Å². The van der Waals surface area contributed by atoms with Gasteiger partial charge in [-0.3, -0.25) is 4.79 Å². The molecule has 2 heterocycles. The number of anilines is 1. The summed E-state index contributed by atoms with van der Waals surface area (Å²) in [6, 6.07) is 6.37. The normalized spacial score (nSPS) is 11.5. The summed E-state index contributed by atoms with van der Waals surface area (Å²) in [6.07, 6.45) is -0.333. The van der Waals surface area contributed by atoms with Crippen LogP contribution in [-0.4, -0.2) is 42.7 Å². The zero-order valence-corrected chi connectivity index (χ0v) is 18.7. The molecule has 0 bridgehead atoms. The van der Waals surface area contributed by atoms with Gasteiger partial charge in [0.1, 0.15) is 17.1 Å². The first-order valence-corrected chi connectivity index (χ1v) is 11.4. The molecule has 0 amide bonds. The summed E-state index contributed by atoms with van der Waals surface area (Å²) < 4.78 is 40.3. The molecule has 3 aromatic rings. The van der Waals surface area contributed by atoms with Gasteiger partial charge in [0, 0.05) is 0 Å². The van der Waals surface area contributed by atoms with Gasteiger partial charge in [0.25, 0.3) is 0 Å². The smallest absolute Gasteiger partial charge is 0.342 e. The van der Waals surface area contributed by atoms with E-state index in [4.69, 9.17) is 19.6 Å². The van der Waals surface area contributed by atoms with E-state index < -0.39 is 27.5 Å². The number of aromatic nitrogens is 2. The van der Waals surface area contributed by atoms with Crippen molar-refractivity contribution in [3.63, 3.8) is 0 Å². The van der Waals surface area contributed by atoms with Gasteiger partial charge in [-0.1, -0.05) is 17.7 Å². The Balaban J connectivity index is 1.66. The second-order valence-electron chi connectivity index (χ2n) is 7.00. The molecule has 11 heteroatoms. The number of carbonyl (C=O) groups is 2. The van der Waals surface area contributed by atoms with E-state index >= 15 is 0 Å². The molecule has 0 aliphatic carbocycles. The lowest BCUT2D eigenvalue weighted by Crippen LogP contribution is -2.14. The summed E-state index contributed by atoms with van der Waals surface area (Å²) in [7, 11) is -3.62. The van der Waals surface area contributed by atoms with Crippen LogP contribution in [0.15, 0.2) is 33.6 Å². The van der Waals surface area contributed by atoms with Gasteiger partial charge in [-0.05, 0) is 32.9 Å². The molecular weight excluding hydrogens is 438 g/mol. The zero-order valence-electron chi connectivity index (χ0n) is 17.9. The fourth-order valence-corrected chi connectivity index (χ4v) is 4.22. The summed E-state index contributed by atoms with van der Waals surface area (Å²) in [5.41, 5.74) is 7.10. The topological polar surface area (TPSA) is 152 Å². The second kappa shape index (κ2) is 9.35. The molecule has 0 fully saturated rings. The average molecular weight is 461 g/mol. The molecule has 0 spiro atoms. The van der Waals surface area contributed by atoms with Crippen molar-refractivity contribution in [2.45, 2.75) is 38.7 Å². The summed E-state index contributed by atoms with van der Waals surface area (Å²) in [5.74, 6) is -1.43. The fraction of sp³-hybridized carbons (Fsp3) is 0.333. The molecule has 0 saturated heterocycles. The summed E-state index contributed by atoms with van der Waals surface area (Å²) >= 11 is 0. The lowest BCUT2D eigenvalue weighted by Gasteiger charge is -2.07. The number of nitrogen functional groups attached to an aromatic ring is 1. The molecule has 2 aromatic heterocycles. The number of fused-ring (bicyclic) bond motifs is 1. The fourth-order valence-electron chi connectivity index (χ4n) is 3.00. The van der Waals surface area contributed by atoms with Crippen LogP contribution in [0.1, 0.15) is 40.9 Å². The molecule has 170 valence electrons. The van der Waals surface area contributed by atoms with Crippen LogP contribution in [-0.2, 0) is 30.7 Å². The van der Waals surface area contributed by atoms with Crippen LogP contribution in [0.4, 0.5) is 5.82 Å². The van der Waals surface area contributed by atoms with Gasteiger partial charge < -0.3 is 19.6 Å². The minimum atomic E-state index is -3.62. The molecule has 32 heavy (non-hydrogen) atoms. The number of hydrogen-bond donors (Lipinski definition) is 1. The van der Waals surface area contributed by atoms with E-state index in [0.717, 1.165) is 5.56 Å². The summed E-state index contributed by atoms with van der Waals surface area (Å²) in [6.45, 7) is 4.94. The molecule has 2 N–H and O–H groups in total. The molecule has 0 atom stereocenters. The van der Waals surface area contributed by atoms with Crippen molar-refractivity contribution in [2.24, 2.45) is 0 Å². The third-order valence-electron chi connectivity index (χ3n) is 4.60. The van der Waals surface area contributed by atoms with Gasteiger partial charge in [-0.15, -0.1) is 0 Å². The number of esters is 2. The Labute approximate surface area is 184 Å². The third kappa shape index (κ3) is 5.05. The Morgan fingerprint density at radius 2 is 1.78 bits per heavy atom. The summed E-state index contributed by atoms with van der Waals surface area (Å²) in [4.78, 5) is 32.5. The number of aryl methyl sites for hydroxylation is 2. The van der Waals surface area contributed by atoms with Crippen molar-refractivity contribution >= 4 is 38.7 Å². The number of benzene rings is 1. The monoisotopic (exact) mass is 461 g/mol. The van der Waals surface area contributed by atoms with Gasteiger partial charge in [0.15, 0.2) is 22.3 Å². The maximum atomic E-state index is 12.3. The van der Waals surface area contributed by atoms with Gasteiger partial charge in [0.05, 0.1) is 29.1 Å². The van der Waals surface area contributed by atoms with Gasteiger partial charge in [-0.2, -0.15) is 4.98 Å². The van der Waals surface area contributed by atoms with E-state index in [2.05, 4.69) is 9.97 Å². The van der Waals surface area contributed by atoms with Crippen LogP contribution < -0.4 is 5.73 Å². The molecule has 0 radical (unpaired) electrons. The molecule has 0 aliphatic heterocycles. The maximum absolute atomic E-state index is 12.3. The van der Waals surface area contributed by atoms with Crippen LogP contribution >= 0.6 is 0 Å². The molecular formula is C21H23N3O7S. The van der Waals surface area contributed by atoms with Crippen molar-refractivity contribution in [1.82, 2.24) is 9.97 Å². The molecule has 0 unspecified atom stereocenters. The average Bonchev–Trinajstić information content (AvgIpc) is 3.07. The number of ether oxygens (including phenoxy) is 2. The lowest BCUT2D eigenvalue weighted by atomic mass is 10.2. The van der Waals surface area contributed by atoms with Crippen LogP contribution in [0, 0.1) is 13.8 Å². The van der Waals surface area contributed by atoms with E-state index in [1.54, 1.807) is 26.0 Å². The zero-order chi connectivity index (χ0) is 23.5. The van der Waals surface area contributed by atoms with Gasteiger partial charge in [-0.25, -0.2) is 18.2 Å². The predicted molar refractivity (Wildman–Crippen MR) is 115 cm³/mol. The Bertz CT molecular complexity index is 1260. The molecule has 3 rings (SSSR count). The highest BCUT2D eigenvalue weighted by molar-refractivity contribution is 7.91. The summed E-state index contributed by atoms with van der Waals surface area (Å²) in [5, 5.41) is 0.222. The van der Waals surface area contributed by atoms with Crippen LogP contribution in [0.5, 0.6) is 0 Å². The second-order valence-corrected chi connectivity index (χ2v) is 9.11. The van der Waals surface area contributed by atoms with Crippen LogP contribution in [0.3, 0.4) is 0 Å². The number of hydrogen-bond acceptors (Lipinski definition) is 10. The standard InChI is InChI=1S/C21H23N3O7S/c1-4-29-21(26)17-13(3)31-20-18(17)19(22)23-15(24-20)11-30-16(25)9-10-32(27,28)14-7-5-12(2)6-8-14/h5-8H,4,9-11H2,1-3H3,(H2,22,23,24). The minimum Gasteiger partial charge on any atom is -0.462 e. The minimum absolute atomic E-state index is 0.0251. The first kappa shape index (κ1) is 23.2. The first-order valence-electron chi connectivity index (χ1n) is 9.80. The van der Waals surface area contributed by atoms with E-state index in [0.29, 0.717) is 0 Å². The SMILES string of the molecule is CCOC(=O)c1c(C)oc2nc(COC(=O)CCS(=O)(=O)c3ccc(C)cc3)nc(N)c12. The lowest BCUT2D eigenvalue weighted by molar-refractivity contribution is -0.144. The van der Waals surface area contributed by atoms with Crippen molar-refractivity contribution in [3.05, 3.63) is 47.0 Å². The van der Waals surface area contributed by atoms with Crippen LogP contribution in [0.25, 0.3) is 11.1 Å². The number of nitrogens with zero attached hydrogens (tertiary/aromatic N) is 2. The van der Waals surface area contributed by atoms with Crippen LogP contribution in [0.2, 0.25) is 0 Å². The van der Waals surface area contributed by atoms with Crippen molar-refractivity contribution < 1.29 is 31.9 Å². The molecule has 1 aromatic carbocycles. The highest BCUT2D eigenvalue weighted by Crippen LogP contribution is 2.29. The molecule has 0 aliphatic rings. The highest BCUT2D eigenvalue weighted by atomic mass is 32.2.